The van der Waals surface area contributed by atoms with Crippen LogP contribution in [0.15, 0.2) is 73.2 Å². The molecular formula is C22H18FN3O2. The lowest BCUT2D eigenvalue weighted by Crippen LogP contribution is -2.04. The van der Waals surface area contributed by atoms with Crippen LogP contribution in [0.25, 0.3) is 5.65 Å². The van der Waals surface area contributed by atoms with Crippen molar-refractivity contribution >= 4 is 11.4 Å². The van der Waals surface area contributed by atoms with Crippen molar-refractivity contribution < 1.29 is 13.9 Å². The normalized spacial score (nSPS) is 10.9. The van der Waals surface area contributed by atoms with E-state index in [9.17, 15) is 9.18 Å². The second kappa shape index (κ2) is 8.00. The predicted octanol–water partition coefficient (Wildman–Crippen LogP) is 4.26. The summed E-state index contributed by atoms with van der Waals surface area (Å²) in [6.07, 6.45) is 4.12. The van der Waals surface area contributed by atoms with Crippen LogP contribution in [0.4, 0.5) is 4.39 Å². The maximum Gasteiger partial charge on any atom is 0.167 e. The first-order valence-corrected chi connectivity index (χ1v) is 8.97. The molecule has 2 aromatic heterocycles. The van der Waals surface area contributed by atoms with E-state index in [1.54, 1.807) is 41.0 Å². The van der Waals surface area contributed by atoms with Gasteiger partial charge in [0, 0.05) is 18.2 Å². The first-order chi connectivity index (χ1) is 13.7. The van der Waals surface area contributed by atoms with Crippen LogP contribution >= 0.6 is 0 Å². The van der Waals surface area contributed by atoms with Gasteiger partial charge in [0.15, 0.2) is 11.4 Å². The molecule has 5 nitrogen and oxygen atoms in total. The summed E-state index contributed by atoms with van der Waals surface area (Å²) < 4.78 is 21.0. The molecule has 0 fully saturated rings. The third-order valence-electron chi connectivity index (χ3n) is 4.50. The topological polar surface area (TPSA) is 56.5 Å². The van der Waals surface area contributed by atoms with Crippen LogP contribution < -0.4 is 4.74 Å². The van der Waals surface area contributed by atoms with Crippen molar-refractivity contribution in [2.75, 3.05) is 0 Å². The van der Waals surface area contributed by atoms with Crippen molar-refractivity contribution in [2.24, 2.45) is 0 Å². The van der Waals surface area contributed by atoms with Gasteiger partial charge in [0.1, 0.15) is 24.5 Å². The van der Waals surface area contributed by atoms with Gasteiger partial charge in [-0.05, 0) is 42.3 Å². The monoisotopic (exact) mass is 375 g/mol. The second-order valence-corrected chi connectivity index (χ2v) is 6.40. The number of Topliss-reactive ketones (excluding diaryl/α,β-unsaturated/α-hetero) is 1. The predicted molar refractivity (Wildman–Crippen MR) is 103 cm³/mol. The van der Waals surface area contributed by atoms with Gasteiger partial charge in [0.05, 0.1) is 5.56 Å². The first kappa shape index (κ1) is 17.9. The Kier molecular flexibility index (Phi) is 5.10. The molecule has 0 radical (unpaired) electrons. The average Bonchev–Trinajstić information content (AvgIpc) is 3.21. The third kappa shape index (κ3) is 3.91. The summed E-state index contributed by atoms with van der Waals surface area (Å²) in [5, 5.41) is 4.05. The lowest BCUT2D eigenvalue weighted by atomic mass is 10.0. The highest BCUT2D eigenvalue weighted by Crippen LogP contribution is 2.19. The number of ketones is 1. The number of pyridine rings is 1. The number of aromatic nitrogens is 3. The molecule has 0 aliphatic heterocycles. The highest BCUT2D eigenvalue weighted by atomic mass is 19.1. The number of ether oxygens (including phenoxy) is 1. The van der Waals surface area contributed by atoms with Crippen LogP contribution in [0.5, 0.6) is 5.75 Å². The number of rotatable bonds is 7. The van der Waals surface area contributed by atoms with Gasteiger partial charge in [0.25, 0.3) is 0 Å². The minimum absolute atomic E-state index is 0.0104. The largest absolute Gasteiger partial charge is 0.489 e. The SMILES string of the molecule is O=C(CCc1cccc(OCc2ccccc2F)c1)c1cccn2ncnc12. The molecule has 4 aromatic rings. The van der Waals surface area contributed by atoms with Crippen molar-refractivity contribution in [3.8, 4) is 5.75 Å². The molecule has 2 aromatic carbocycles. The number of carbonyl (C=O) groups excluding carboxylic acids is 1. The summed E-state index contributed by atoms with van der Waals surface area (Å²) in [5.41, 5.74) is 2.61. The molecule has 0 spiro atoms. The number of nitrogens with zero attached hydrogens (tertiary/aromatic N) is 3. The highest BCUT2D eigenvalue weighted by molar-refractivity contribution is 6.01. The molecule has 4 rings (SSSR count). The van der Waals surface area contributed by atoms with E-state index in [-0.39, 0.29) is 18.2 Å². The summed E-state index contributed by atoms with van der Waals surface area (Å²) in [6, 6.07) is 17.6. The molecule has 0 bridgehead atoms. The summed E-state index contributed by atoms with van der Waals surface area (Å²) in [6.45, 7) is 0.157. The van der Waals surface area contributed by atoms with E-state index < -0.39 is 0 Å². The fourth-order valence-electron chi connectivity index (χ4n) is 3.02. The maximum atomic E-state index is 13.7. The Bertz CT molecular complexity index is 1120. The first-order valence-electron chi connectivity index (χ1n) is 8.97. The van der Waals surface area contributed by atoms with E-state index in [0.717, 1.165) is 5.56 Å². The van der Waals surface area contributed by atoms with Gasteiger partial charge in [-0.25, -0.2) is 13.9 Å². The fourth-order valence-corrected chi connectivity index (χ4v) is 3.02. The van der Waals surface area contributed by atoms with Crippen molar-refractivity contribution in [3.63, 3.8) is 0 Å². The molecule has 6 heteroatoms. The van der Waals surface area contributed by atoms with Crippen LogP contribution in [-0.2, 0) is 13.0 Å². The Balaban J connectivity index is 1.40. The zero-order valence-electron chi connectivity index (χ0n) is 15.1. The number of carbonyl (C=O) groups is 1. The molecule has 2 heterocycles. The lowest BCUT2D eigenvalue weighted by Gasteiger charge is -2.09. The van der Waals surface area contributed by atoms with Gasteiger partial charge >= 0.3 is 0 Å². The van der Waals surface area contributed by atoms with Gasteiger partial charge in [-0.2, -0.15) is 5.10 Å². The molecule has 0 aliphatic rings. The smallest absolute Gasteiger partial charge is 0.167 e. The lowest BCUT2D eigenvalue weighted by molar-refractivity contribution is 0.0984. The van der Waals surface area contributed by atoms with Gasteiger partial charge in [-0.3, -0.25) is 4.79 Å². The van der Waals surface area contributed by atoms with Gasteiger partial charge < -0.3 is 4.74 Å². The molecule has 0 aliphatic carbocycles. The van der Waals surface area contributed by atoms with Gasteiger partial charge in [-0.1, -0.05) is 30.3 Å². The van der Waals surface area contributed by atoms with Crippen molar-refractivity contribution in [1.29, 1.82) is 0 Å². The third-order valence-corrected chi connectivity index (χ3v) is 4.50. The standard InChI is InChI=1S/C22H18FN3O2/c23-20-9-2-1-6-17(20)14-28-18-7-3-5-16(13-18)10-11-21(27)19-8-4-12-26-22(19)24-15-25-26/h1-9,12-13,15H,10-11,14H2. The van der Waals surface area contributed by atoms with Crippen LogP contribution in [-0.4, -0.2) is 20.4 Å². The summed E-state index contributed by atoms with van der Waals surface area (Å²) in [5.74, 6) is 0.371. The van der Waals surface area contributed by atoms with Gasteiger partial charge in [0.2, 0.25) is 0 Å². The number of hydrogen-bond acceptors (Lipinski definition) is 4. The Hall–Kier alpha value is -3.54. The Labute approximate surface area is 161 Å². The Morgan fingerprint density at radius 1 is 1.07 bits per heavy atom. The summed E-state index contributed by atoms with van der Waals surface area (Å²) in [7, 11) is 0. The van der Waals surface area contributed by atoms with E-state index in [1.807, 2.05) is 24.3 Å². The van der Waals surface area contributed by atoms with Crippen molar-refractivity contribution in [1.82, 2.24) is 14.6 Å². The molecule has 0 N–H and O–H groups in total. The van der Waals surface area contributed by atoms with E-state index in [2.05, 4.69) is 10.1 Å². The second-order valence-electron chi connectivity index (χ2n) is 6.40. The molecule has 28 heavy (non-hydrogen) atoms. The van der Waals surface area contributed by atoms with Crippen LogP contribution in [0.1, 0.15) is 27.9 Å². The summed E-state index contributed by atoms with van der Waals surface area (Å²) >= 11 is 0. The molecule has 0 amide bonds. The number of halogens is 1. The van der Waals surface area contributed by atoms with Crippen LogP contribution in [0, 0.1) is 5.82 Å². The van der Waals surface area contributed by atoms with E-state index in [4.69, 9.17) is 4.74 Å². The van der Waals surface area contributed by atoms with E-state index >= 15 is 0 Å². The molecular weight excluding hydrogens is 357 g/mol. The molecule has 0 unspecified atom stereocenters. The summed E-state index contributed by atoms with van der Waals surface area (Å²) in [4.78, 5) is 16.8. The fraction of sp³-hybridized carbons (Fsp3) is 0.136. The minimum Gasteiger partial charge on any atom is -0.489 e. The zero-order valence-corrected chi connectivity index (χ0v) is 15.1. The number of hydrogen-bond donors (Lipinski definition) is 0. The van der Waals surface area contributed by atoms with E-state index in [0.29, 0.717) is 35.4 Å². The van der Waals surface area contributed by atoms with Crippen LogP contribution in [0.2, 0.25) is 0 Å². The van der Waals surface area contributed by atoms with Crippen molar-refractivity contribution in [3.05, 3.63) is 95.7 Å². The van der Waals surface area contributed by atoms with Crippen molar-refractivity contribution in [2.45, 2.75) is 19.4 Å². The maximum absolute atomic E-state index is 13.7. The molecule has 0 atom stereocenters. The number of fused-ring (bicyclic) bond motifs is 1. The van der Waals surface area contributed by atoms with Crippen LogP contribution in [0.3, 0.4) is 0 Å². The zero-order chi connectivity index (χ0) is 19.3. The molecule has 0 saturated carbocycles. The number of benzene rings is 2. The quantitative estimate of drug-likeness (QED) is 0.453. The highest BCUT2D eigenvalue weighted by Gasteiger charge is 2.12. The number of aryl methyl sites for hydroxylation is 1. The van der Waals surface area contributed by atoms with Gasteiger partial charge in [-0.15, -0.1) is 0 Å². The molecule has 140 valence electrons. The molecule has 0 saturated heterocycles. The minimum atomic E-state index is -0.285. The Morgan fingerprint density at radius 3 is 2.86 bits per heavy atom. The average molecular weight is 375 g/mol. The Morgan fingerprint density at radius 2 is 1.96 bits per heavy atom. The van der Waals surface area contributed by atoms with E-state index in [1.165, 1.54) is 12.4 Å².